The van der Waals surface area contributed by atoms with Crippen molar-refractivity contribution in [2.45, 2.75) is 12.2 Å². The Morgan fingerprint density at radius 3 is 1.39 bits per heavy atom. The second-order valence-electron chi connectivity index (χ2n) is 4.38. The second-order valence-corrected chi connectivity index (χ2v) is 6.97. The Labute approximate surface area is 155 Å². The zero-order valence-electron chi connectivity index (χ0n) is 10.9. The molecule has 2 aromatic carbocycles. The quantitative estimate of drug-likeness (QED) is 0.402. The van der Waals surface area contributed by atoms with Crippen molar-refractivity contribution in [3.05, 3.63) is 66.5 Å². The molecule has 0 amide bonds. The summed E-state index contributed by atoms with van der Waals surface area (Å²) in [6, 6.07) is 6.42. The minimum atomic E-state index is -4.26. The van der Waals surface area contributed by atoms with Crippen molar-refractivity contribution in [3.8, 4) is 0 Å². The van der Waals surface area contributed by atoms with E-state index in [0.29, 0.717) is 0 Å². The average molecular weight is 497 g/mol. The Kier molecular flexibility index (Phi) is 5.68. The number of hydrogen-bond acceptors (Lipinski definition) is 1. The Morgan fingerprint density at radius 1 is 0.739 bits per heavy atom. The zero-order chi connectivity index (χ0) is 17.4. The lowest BCUT2D eigenvalue weighted by Gasteiger charge is -2.25. The van der Waals surface area contributed by atoms with Gasteiger partial charge in [0.2, 0.25) is 0 Å². The van der Waals surface area contributed by atoms with E-state index in [2.05, 4.69) is 36.6 Å². The van der Waals surface area contributed by atoms with Crippen molar-refractivity contribution < 1.29 is 22.3 Å². The highest BCUT2D eigenvalue weighted by Gasteiger charge is 2.48. The van der Waals surface area contributed by atoms with Crippen LogP contribution in [0, 0.1) is 0 Å². The van der Waals surface area contributed by atoms with E-state index in [0.717, 1.165) is 36.4 Å². The summed E-state index contributed by atoms with van der Waals surface area (Å²) in [6.45, 7) is 0. The van der Waals surface area contributed by atoms with Crippen molar-refractivity contribution in [3.63, 3.8) is 0 Å². The van der Waals surface area contributed by atoms with Gasteiger partial charge in [-0.25, -0.2) is 4.74 Å². The van der Waals surface area contributed by atoms with Gasteiger partial charge in [0.05, 0.1) is 11.1 Å². The van der Waals surface area contributed by atoms with Crippen LogP contribution < -0.4 is 0 Å². The lowest BCUT2D eigenvalue weighted by Crippen LogP contribution is -2.30. The zero-order valence-corrected chi connectivity index (χ0v) is 15.6. The van der Waals surface area contributed by atoms with E-state index in [1.807, 2.05) is 0 Å². The first kappa shape index (κ1) is 19.0. The van der Waals surface area contributed by atoms with Crippen molar-refractivity contribution in [1.29, 1.82) is 0 Å². The fraction of sp³-hybridized carbons (Fsp3) is 0.143. The third-order valence-corrected chi connectivity index (χ3v) is 4.53. The van der Waals surface area contributed by atoms with Gasteiger partial charge in [-0.2, -0.15) is 17.6 Å². The number of hydrogen-bond donors (Lipinski definition) is 0. The van der Waals surface area contributed by atoms with E-state index in [1.54, 1.807) is 0 Å². The number of ether oxygens (including phenoxy) is 1. The van der Waals surface area contributed by atoms with Crippen molar-refractivity contribution in [1.82, 2.24) is 0 Å². The largest absolute Gasteiger partial charge is 0.389 e. The summed E-state index contributed by atoms with van der Waals surface area (Å²) in [7, 11) is 0. The van der Waals surface area contributed by atoms with E-state index in [4.69, 9.17) is 23.2 Å². The molecule has 0 saturated carbocycles. The Morgan fingerprint density at radius 2 is 1.09 bits per heavy atom. The van der Waals surface area contributed by atoms with Crippen LogP contribution in [0.25, 0.3) is 0 Å². The molecule has 2 aromatic rings. The van der Waals surface area contributed by atoms with E-state index < -0.39 is 23.3 Å². The number of rotatable bonds is 4. The van der Waals surface area contributed by atoms with Gasteiger partial charge in [-0.15, -0.1) is 0 Å². The normalized spacial score (nSPS) is 12.5. The van der Waals surface area contributed by atoms with Gasteiger partial charge in [0, 0.05) is 19.0 Å². The van der Waals surface area contributed by atoms with Crippen LogP contribution in [0.5, 0.6) is 0 Å². The molecule has 2 rings (SSSR count). The van der Waals surface area contributed by atoms with Gasteiger partial charge in [-0.1, -0.05) is 55.1 Å². The van der Waals surface area contributed by atoms with Crippen molar-refractivity contribution >= 4 is 55.1 Å². The maximum Gasteiger partial charge on any atom is 0.389 e. The van der Waals surface area contributed by atoms with Gasteiger partial charge in [0.25, 0.3) is 0 Å². The highest BCUT2D eigenvalue weighted by Crippen LogP contribution is 2.45. The highest BCUT2D eigenvalue weighted by molar-refractivity contribution is 9.10. The minimum absolute atomic E-state index is 0.152. The predicted molar refractivity (Wildman–Crippen MR) is 87.2 cm³/mol. The number of halogens is 8. The van der Waals surface area contributed by atoms with Crippen molar-refractivity contribution in [2.75, 3.05) is 0 Å². The molecule has 0 N–H and O–H groups in total. The molecular formula is C14H6Br2Cl2F4O. The third kappa shape index (κ3) is 4.39. The molecule has 0 aromatic heterocycles. The first-order valence-corrected chi connectivity index (χ1v) is 8.24. The summed E-state index contributed by atoms with van der Waals surface area (Å²) in [6.07, 6.45) is -8.52. The first-order chi connectivity index (χ1) is 10.5. The Bertz CT molecular complexity index is 679. The highest BCUT2D eigenvalue weighted by atomic mass is 79.9. The van der Waals surface area contributed by atoms with Gasteiger partial charge in [0.15, 0.2) is 0 Å². The summed E-state index contributed by atoms with van der Waals surface area (Å²) >= 11 is 17.0. The van der Waals surface area contributed by atoms with Crippen LogP contribution in [0.3, 0.4) is 0 Å². The summed E-state index contributed by atoms with van der Waals surface area (Å²) < 4.78 is 60.0. The fourth-order valence-electron chi connectivity index (χ4n) is 1.72. The monoisotopic (exact) mass is 494 g/mol. The van der Waals surface area contributed by atoms with Gasteiger partial charge in [-0.3, -0.25) is 0 Å². The van der Waals surface area contributed by atoms with Crippen LogP contribution in [0.15, 0.2) is 45.3 Å². The van der Waals surface area contributed by atoms with Gasteiger partial charge in [-0.05, 0) is 36.4 Å². The van der Waals surface area contributed by atoms with Gasteiger partial charge >= 0.3 is 12.2 Å². The molecule has 0 aliphatic carbocycles. The number of alkyl halides is 4. The molecule has 23 heavy (non-hydrogen) atoms. The van der Waals surface area contributed by atoms with E-state index in [-0.39, 0.29) is 19.0 Å². The average Bonchev–Trinajstić information content (AvgIpc) is 2.35. The first-order valence-electron chi connectivity index (χ1n) is 5.90. The van der Waals surface area contributed by atoms with Crippen molar-refractivity contribution in [2.24, 2.45) is 0 Å². The molecule has 0 fully saturated rings. The van der Waals surface area contributed by atoms with E-state index in [9.17, 15) is 17.6 Å². The molecule has 0 atom stereocenters. The minimum Gasteiger partial charge on any atom is -0.247 e. The van der Waals surface area contributed by atoms with Gasteiger partial charge in [0.1, 0.15) is 0 Å². The molecule has 0 bridgehead atoms. The predicted octanol–water partition coefficient (Wildman–Crippen LogP) is 7.33. The summed E-state index contributed by atoms with van der Waals surface area (Å²) in [5.41, 5.74) is -1.54. The molecule has 1 nitrogen and oxygen atoms in total. The topological polar surface area (TPSA) is 9.23 Å². The SMILES string of the molecule is FC(F)(OC(F)(F)c1ccc(Cl)cc1Br)c1ccc(Cl)cc1Br. The lowest BCUT2D eigenvalue weighted by molar-refractivity contribution is -0.391. The molecule has 0 aliphatic rings. The van der Waals surface area contributed by atoms with Crippen LogP contribution >= 0.6 is 55.1 Å². The lowest BCUT2D eigenvalue weighted by atomic mass is 10.2. The molecule has 0 heterocycles. The van der Waals surface area contributed by atoms with E-state index >= 15 is 0 Å². The molecule has 124 valence electrons. The Balaban J connectivity index is 2.37. The smallest absolute Gasteiger partial charge is 0.247 e. The third-order valence-electron chi connectivity index (χ3n) is 2.75. The second kappa shape index (κ2) is 6.88. The van der Waals surface area contributed by atoms with Crippen LogP contribution in [0.4, 0.5) is 17.6 Å². The number of benzene rings is 2. The summed E-state index contributed by atoms with van der Waals surface area (Å²) in [5, 5.41) is 0.340. The maximum absolute atomic E-state index is 14.1. The standard InChI is InChI=1S/C14H6Br2Cl2F4O/c15-11-5-7(17)1-3-9(11)13(19,20)23-14(21,22)10-4-2-8(18)6-12(10)16/h1-6H. The van der Waals surface area contributed by atoms with E-state index in [1.165, 1.54) is 0 Å². The summed E-state index contributed by atoms with van der Waals surface area (Å²) in [5.74, 6) is 0. The van der Waals surface area contributed by atoms with Crippen LogP contribution in [0.2, 0.25) is 10.0 Å². The molecule has 0 radical (unpaired) electrons. The molecule has 0 aliphatic heterocycles. The van der Waals surface area contributed by atoms with Crippen LogP contribution in [-0.2, 0) is 17.0 Å². The molecular weight excluding hydrogens is 491 g/mol. The fourth-order valence-corrected chi connectivity index (χ4v) is 3.55. The molecule has 0 spiro atoms. The summed E-state index contributed by atoms with van der Waals surface area (Å²) in [4.78, 5) is 0. The van der Waals surface area contributed by atoms with Crippen LogP contribution in [0.1, 0.15) is 11.1 Å². The molecule has 0 unspecified atom stereocenters. The van der Waals surface area contributed by atoms with Crippen LogP contribution in [-0.4, -0.2) is 0 Å². The Hall–Kier alpha value is -0.340. The van der Waals surface area contributed by atoms with Gasteiger partial charge < -0.3 is 0 Å². The molecule has 9 heteroatoms. The maximum atomic E-state index is 14.1. The molecule has 0 saturated heterocycles.